The molecule has 42 valence electrons. The van der Waals surface area contributed by atoms with Crippen molar-refractivity contribution in [2.45, 2.75) is 0 Å². The highest BCUT2D eigenvalue weighted by molar-refractivity contribution is 7.21. The minimum absolute atomic E-state index is 0.724. The quantitative estimate of drug-likeness (QED) is 0.502. The molecule has 0 unspecified atom stereocenters. The zero-order chi connectivity index (χ0) is 5.66. The van der Waals surface area contributed by atoms with E-state index in [2.05, 4.69) is 8.93 Å². The summed E-state index contributed by atoms with van der Waals surface area (Å²) in [7, 11) is 0.724. The molecule has 0 saturated carbocycles. The van der Waals surface area contributed by atoms with Gasteiger partial charge in [0.15, 0.2) is 8.43 Å². The molecule has 0 aromatic carbocycles. The number of rotatable bonds is 0. The van der Waals surface area contributed by atoms with Gasteiger partial charge in [-0.25, -0.2) is 0 Å². The van der Waals surface area contributed by atoms with E-state index in [1.165, 1.54) is 6.26 Å². The van der Waals surface area contributed by atoms with Gasteiger partial charge in [-0.05, 0) is 6.07 Å². The third-order valence-electron chi connectivity index (χ3n) is 0.589. The smallest absolute Gasteiger partial charge is 0.183 e. The molecule has 0 amide bonds. The molecule has 0 spiro atoms. The molecule has 3 heteroatoms. The SMILES string of the molecule is c1ccoopcc1. The fraction of sp³-hybridized carbons (Fsp3) is 0. The van der Waals surface area contributed by atoms with Crippen LogP contribution in [-0.4, -0.2) is 0 Å². The monoisotopic (exact) mass is 128 g/mol. The average Bonchev–Trinajstić information content (AvgIpc) is 1.62. The standard InChI is InChI=1S/C5H5O2P/c1-2-4-6-7-8-5-3-1/h1-5H. The first-order chi connectivity index (χ1) is 4.00. The summed E-state index contributed by atoms with van der Waals surface area (Å²) in [6.07, 6.45) is 1.48. The van der Waals surface area contributed by atoms with Gasteiger partial charge in [0.05, 0.1) is 0 Å². The van der Waals surface area contributed by atoms with Gasteiger partial charge in [-0.1, -0.05) is 12.1 Å². The Morgan fingerprint density at radius 1 is 1.12 bits per heavy atom. The highest BCUT2D eigenvalue weighted by Crippen LogP contribution is 1.96. The first-order valence-corrected chi connectivity index (χ1v) is 3.06. The van der Waals surface area contributed by atoms with E-state index in [0.717, 1.165) is 8.43 Å². The Bertz CT molecular complexity index is 115. The largest absolute Gasteiger partial charge is 0.295 e. The lowest BCUT2D eigenvalue weighted by Gasteiger charge is -1.70. The molecule has 0 aliphatic rings. The summed E-state index contributed by atoms with van der Waals surface area (Å²) in [5.74, 6) is 1.84. The van der Waals surface area contributed by atoms with Crippen LogP contribution in [0.1, 0.15) is 0 Å². The maximum Gasteiger partial charge on any atom is 0.183 e. The summed E-state index contributed by atoms with van der Waals surface area (Å²) in [6, 6.07) is 5.52. The van der Waals surface area contributed by atoms with E-state index in [1.807, 2.05) is 17.9 Å². The second kappa shape index (κ2) is 3.28. The lowest BCUT2D eigenvalue weighted by Crippen LogP contribution is -1.42. The van der Waals surface area contributed by atoms with Gasteiger partial charge in [-0.2, -0.15) is 0 Å². The lowest BCUT2D eigenvalue weighted by atomic mass is 10.6. The Morgan fingerprint density at radius 2 is 2.12 bits per heavy atom. The molecule has 0 fully saturated rings. The maximum atomic E-state index is 4.55. The second-order valence-electron chi connectivity index (χ2n) is 1.14. The molecule has 0 atom stereocenters. The van der Waals surface area contributed by atoms with Crippen molar-refractivity contribution in [1.82, 2.24) is 0 Å². The van der Waals surface area contributed by atoms with Gasteiger partial charge in [0, 0.05) is 5.80 Å². The molecule has 0 N–H and O–H groups in total. The van der Waals surface area contributed by atoms with Gasteiger partial charge in [0.2, 0.25) is 0 Å². The predicted octanol–water partition coefficient (Wildman–Crippen LogP) is 2.58. The first kappa shape index (κ1) is 5.39. The summed E-state index contributed by atoms with van der Waals surface area (Å²) in [5, 5.41) is 0. The predicted molar refractivity (Wildman–Crippen MR) is 31.1 cm³/mol. The normalized spacial score (nSPS) is 9.00. The first-order valence-electron chi connectivity index (χ1n) is 2.18. The average molecular weight is 128 g/mol. The van der Waals surface area contributed by atoms with Crippen molar-refractivity contribution >= 4 is 8.43 Å². The van der Waals surface area contributed by atoms with Crippen LogP contribution in [0, 0.1) is 0 Å². The third kappa shape index (κ3) is 1.80. The van der Waals surface area contributed by atoms with Crippen molar-refractivity contribution in [2.24, 2.45) is 0 Å². The van der Waals surface area contributed by atoms with Crippen molar-refractivity contribution in [3.63, 3.8) is 0 Å². The van der Waals surface area contributed by atoms with Crippen LogP contribution in [0.25, 0.3) is 0 Å². The van der Waals surface area contributed by atoms with Gasteiger partial charge >= 0.3 is 0 Å². The minimum Gasteiger partial charge on any atom is -0.295 e. The van der Waals surface area contributed by atoms with Crippen molar-refractivity contribution in [3.8, 4) is 0 Å². The molecule has 0 bridgehead atoms. The Hall–Kier alpha value is -0.750. The Morgan fingerprint density at radius 3 is 3.12 bits per heavy atom. The molecule has 2 nitrogen and oxygen atoms in total. The van der Waals surface area contributed by atoms with Crippen LogP contribution in [0.3, 0.4) is 0 Å². The highest BCUT2D eigenvalue weighted by atomic mass is 31.1. The molecule has 8 heavy (non-hydrogen) atoms. The molecule has 1 heterocycles. The Kier molecular flexibility index (Phi) is 2.21. The summed E-state index contributed by atoms with van der Waals surface area (Å²) in [6.45, 7) is 0. The van der Waals surface area contributed by atoms with E-state index < -0.39 is 0 Å². The molecule has 0 aliphatic carbocycles. The third-order valence-corrected chi connectivity index (χ3v) is 1.06. The molecular formula is C5H5O2P. The zero-order valence-electron chi connectivity index (χ0n) is 4.15. The van der Waals surface area contributed by atoms with Crippen molar-refractivity contribution < 1.29 is 8.93 Å². The van der Waals surface area contributed by atoms with Crippen LogP contribution in [-0.2, 0) is 0 Å². The van der Waals surface area contributed by atoms with E-state index >= 15 is 0 Å². The lowest BCUT2D eigenvalue weighted by molar-refractivity contribution is 0.101. The number of hydrogen-bond donors (Lipinski definition) is 0. The van der Waals surface area contributed by atoms with E-state index in [0.29, 0.717) is 0 Å². The van der Waals surface area contributed by atoms with Crippen LogP contribution in [0.5, 0.6) is 0 Å². The van der Waals surface area contributed by atoms with Crippen LogP contribution < -0.4 is 0 Å². The Labute approximate surface area is 48.6 Å². The molecular weight excluding hydrogens is 123 g/mol. The summed E-state index contributed by atoms with van der Waals surface area (Å²) >= 11 is 0. The van der Waals surface area contributed by atoms with Gasteiger partial charge in [-0.15, -0.1) is 0 Å². The van der Waals surface area contributed by atoms with Gasteiger partial charge in [-0.3, -0.25) is 8.93 Å². The fourth-order valence-corrected chi connectivity index (χ4v) is 0.620. The molecule has 0 aliphatic heterocycles. The second-order valence-corrected chi connectivity index (χ2v) is 1.80. The van der Waals surface area contributed by atoms with Crippen molar-refractivity contribution in [2.75, 3.05) is 0 Å². The topological polar surface area (TPSA) is 26.3 Å². The van der Waals surface area contributed by atoms with Crippen LogP contribution in [0.4, 0.5) is 0 Å². The zero-order valence-corrected chi connectivity index (χ0v) is 5.04. The van der Waals surface area contributed by atoms with E-state index in [-0.39, 0.29) is 0 Å². The molecule has 1 aromatic rings. The molecule has 1 aromatic heterocycles. The molecule has 0 saturated heterocycles. The van der Waals surface area contributed by atoms with E-state index in [4.69, 9.17) is 0 Å². The van der Waals surface area contributed by atoms with Crippen molar-refractivity contribution in [3.05, 3.63) is 30.3 Å². The maximum absolute atomic E-state index is 4.55. The van der Waals surface area contributed by atoms with Gasteiger partial charge in [0.25, 0.3) is 0 Å². The van der Waals surface area contributed by atoms with Crippen molar-refractivity contribution in [1.29, 1.82) is 0 Å². The van der Waals surface area contributed by atoms with Gasteiger partial charge < -0.3 is 0 Å². The summed E-state index contributed by atoms with van der Waals surface area (Å²) < 4.78 is 9.05. The molecule has 1 rings (SSSR count). The summed E-state index contributed by atoms with van der Waals surface area (Å²) in [4.78, 5) is 0. The molecule has 0 radical (unpaired) electrons. The summed E-state index contributed by atoms with van der Waals surface area (Å²) in [5.41, 5.74) is 0. The highest BCUT2D eigenvalue weighted by Gasteiger charge is 1.61. The van der Waals surface area contributed by atoms with Gasteiger partial charge in [0.1, 0.15) is 6.26 Å². The van der Waals surface area contributed by atoms with Crippen LogP contribution in [0.15, 0.2) is 39.2 Å². The van der Waals surface area contributed by atoms with Crippen LogP contribution >= 0.6 is 8.43 Å². The number of hydrogen-bond acceptors (Lipinski definition) is 2. The van der Waals surface area contributed by atoms with E-state index in [1.54, 1.807) is 6.07 Å². The Balaban J connectivity index is 3.00. The van der Waals surface area contributed by atoms with Crippen LogP contribution in [0.2, 0.25) is 0 Å². The fourth-order valence-electron chi connectivity index (χ4n) is 0.301. The van der Waals surface area contributed by atoms with E-state index in [9.17, 15) is 0 Å². The minimum atomic E-state index is 0.724.